The highest BCUT2D eigenvalue weighted by Crippen LogP contribution is 2.17. The maximum atomic E-state index is 12.2. The van der Waals surface area contributed by atoms with Gasteiger partial charge in [0.05, 0.1) is 12.6 Å². The Morgan fingerprint density at radius 1 is 1.52 bits per heavy atom. The number of hydrogen-bond donors (Lipinski definition) is 1. The van der Waals surface area contributed by atoms with Crippen molar-refractivity contribution in [3.63, 3.8) is 0 Å². The Bertz CT molecular complexity index is 665. The molecule has 0 saturated carbocycles. The van der Waals surface area contributed by atoms with Crippen LogP contribution < -0.4 is 10.1 Å². The Kier molecular flexibility index (Phi) is 5.25. The Labute approximate surface area is 139 Å². The second-order valence-electron chi connectivity index (χ2n) is 5.54. The molecule has 0 bridgehead atoms. The fourth-order valence-electron chi connectivity index (χ4n) is 2.43. The number of nitrogens with one attached hydrogen (secondary N) is 1. The molecule has 1 unspecified atom stereocenters. The predicted octanol–water partition coefficient (Wildman–Crippen LogP) is 2.94. The van der Waals surface area contributed by atoms with Gasteiger partial charge in [-0.05, 0) is 38.0 Å². The number of amides is 1. The minimum Gasteiger partial charge on any atom is -0.491 e. The highest BCUT2D eigenvalue weighted by Gasteiger charge is 2.16. The van der Waals surface area contributed by atoms with E-state index in [1.165, 1.54) is 0 Å². The zero-order chi connectivity index (χ0) is 16.1. The van der Waals surface area contributed by atoms with Crippen LogP contribution >= 0.6 is 11.3 Å². The second kappa shape index (κ2) is 7.57. The van der Waals surface area contributed by atoms with E-state index in [2.05, 4.69) is 10.3 Å². The highest BCUT2D eigenvalue weighted by molar-refractivity contribution is 7.09. The zero-order valence-corrected chi connectivity index (χ0v) is 13.9. The molecule has 1 N–H and O–H groups in total. The van der Waals surface area contributed by atoms with E-state index in [1.807, 2.05) is 24.4 Å². The first-order chi connectivity index (χ1) is 11.2. The third kappa shape index (κ3) is 4.53. The van der Waals surface area contributed by atoms with Crippen LogP contribution in [0.2, 0.25) is 0 Å². The Morgan fingerprint density at radius 3 is 3.17 bits per heavy atom. The van der Waals surface area contributed by atoms with Crippen LogP contribution in [0.4, 0.5) is 0 Å². The summed E-state index contributed by atoms with van der Waals surface area (Å²) < 4.78 is 11.3. The number of carbonyl (C=O) groups excluding carboxylic acids is 1. The van der Waals surface area contributed by atoms with Gasteiger partial charge in [-0.25, -0.2) is 4.98 Å². The van der Waals surface area contributed by atoms with Gasteiger partial charge in [0.2, 0.25) is 0 Å². The molecule has 122 valence electrons. The monoisotopic (exact) mass is 332 g/mol. The molecule has 1 fully saturated rings. The Morgan fingerprint density at radius 2 is 2.43 bits per heavy atom. The summed E-state index contributed by atoms with van der Waals surface area (Å²) in [4.78, 5) is 16.6. The quantitative estimate of drug-likeness (QED) is 0.883. The van der Waals surface area contributed by atoms with Crippen molar-refractivity contribution in [1.82, 2.24) is 10.3 Å². The van der Waals surface area contributed by atoms with Gasteiger partial charge in [-0.2, -0.15) is 0 Å². The molecule has 1 saturated heterocycles. The van der Waals surface area contributed by atoms with Crippen LogP contribution in [0.5, 0.6) is 5.75 Å². The number of rotatable bonds is 6. The van der Waals surface area contributed by atoms with Crippen LogP contribution in [0.3, 0.4) is 0 Å². The fourth-order valence-corrected chi connectivity index (χ4v) is 3.15. The minimum atomic E-state index is -0.125. The smallest absolute Gasteiger partial charge is 0.251 e. The van der Waals surface area contributed by atoms with Crippen molar-refractivity contribution < 1.29 is 14.3 Å². The van der Waals surface area contributed by atoms with Gasteiger partial charge in [0.15, 0.2) is 0 Å². The summed E-state index contributed by atoms with van der Waals surface area (Å²) in [7, 11) is 0. The SMILES string of the molecule is Cc1csc(CNC(=O)c2cccc(OCC3CCCO3)c2)n1. The lowest BCUT2D eigenvalue weighted by molar-refractivity contribution is 0.0679. The van der Waals surface area contributed by atoms with E-state index < -0.39 is 0 Å². The van der Waals surface area contributed by atoms with E-state index in [0.717, 1.165) is 30.2 Å². The number of aryl methyl sites for hydroxylation is 1. The van der Waals surface area contributed by atoms with E-state index in [0.29, 0.717) is 24.5 Å². The van der Waals surface area contributed by atoms with Gasteiger partial charge in [-0.15, -0.1) is 11.3 Å². The summed E-state index contributed by atoms with van der Waals surface area (Å²) in [6.07, 6.45) is 2.29. The molecule has 3 rings (SSSR count). The molecule has 1 aliphatic rings. The maximum absolute atomic E-state index is 12.2. The molecular weight excluding hydrogens is 312 g/mol. The van der Waals surface area contributed by atoms with Gasteiger partial charge in [-0.3, -0.25) is 4.79 Å². The van der Waals surface area contributed by atoms with Gasteiger partial charge in [0.1, 0.15) is 17.4 Å². The Balaban J connectivity index is 1.54. The molecule has 0 radical (unpaired) electrons. The molecule has 6 heteroatoms. The van der Waals surface area contributed by atoms with E-state index in [1.54, 1.807) is 23.5 Å². The number of carbonyl (C=O) groups is 1. The van der Waals surface area contributed by atoms with Gasteiger partial charge < -0.3 is 14.8 Å². The summed E-state index contributed by atoms with van der Waals surface area (Å²) in [5.74, 6) is 0.568. The molecule has 2 heterocycles. The van der Waals surface area contributed by atoms with Crippen molar-refractivity contribution in [3.05, 3.63) is 45.9 Å². The first kappa shape index (κ1) is 16.0. The zero-order valence-electron chi connectivity index (χ0n) is 13.1. The van der Waals surface area contributed by atoms with Crippen LogP contribution in [-0.4, -0.2) is 30.2 Å². The number of benzene rings is 1. The molecule has 1 atom stereocenters. The topological polar surface area (TPSA) is 60.5 Å². The number of ether oxygens (including phenoxy) is 2. The molecule has 1 aromatic carbocycles. The molecule has 1 aromatic heterocycles. The minimum absolute atomic E-state index is 0.125. The van der Waals surface area contributed by atoms with E-state index in [4.69, 9.17) is 9.47 Å². The molecule has 1 amide bonds. The fraction of sp³-hybridized carbons (Fsp3) is 0.412. The molecule has 2 aromatic rings. The number of nitrogens with zero attached hydrogens (tertiary/aromatic N) is 1. The molecule has 5 nitrogen and oxygen atoms in total. The van der Waals surface area contributed by atoms with Crippen molar-refractivity contribution >= 4 is 17.2 Å². The van der Waals surface area contributed by atoms with Crippen molar-refractivity contribution in [2.75, 3.05) is 13.2 Å². The normalized spacial score (nSPS) is 17.2. The summed E-state index contributed by atoms with van der Waals surface area (Å²) in [6.45, 7) is 3.73. The summed E-state index contributed by atoms with van der Waals surface area (Å²) >= 11 is 1.55. The molecule has 0 spiro atoms. The van der Waals surface area contributed by atoms with Crippen molar-refractivity contribution in [3.8, 4) is 5.75 Å². The lowest BCUT2D eigenvalue weighted by Gasteiger charge is -2.12. The molecule has 1 aliphatic heterocycles. The average molecular weight is 332 g/mol. The standard InChI is InChI=1S/C17H20N2O3S/c1-12-11-23-16(19-12)9-18-17(20)13-4-2-5-14(8-13)22-10-15-6-3-7-21-15/h2,4-5,8,11,15H,3,6-7,9-10H2,1H3,(H,18,20). The number of hydrogen-bond acceptors (Lipinski definition) is 5. The average Bonchev–Trinajstić information content (AvgIpc) is 3.22. The second-order valence-corrected chi connectivity index (χ2v) is 6.48. The van der Waals surface area contributed by atoms with Crippen LogP contribution in [-0.2, 0) is 11.3 Å². The summed E-state index contributed by atoms with van der Waals surface area (Å²) in [5.41, 5.74) is 1.56. The van der Waals surface area contributed by atoms with Gasteiger partial charge in [0.25, 0.3) is 5.91 Å². The number of thiazole rings is 1. The lowest BCUT2D eigenvalue weighted by Crippen LogP contribution is -2.23. The van der Waals surface area contributed by atoms with Gasteiger partial charge >= 0.3 is 0 Å². The molecular formula is C17H20N2O3S. The third-order valence-corrected chi connectivity index (χ3v) is 4.59. The first-order valence-corrected chi connectivity index (χ1v) is 8.62. The first-order valence-electron chi connectivity index (χ1n) is 7.74. The summed E-state index contributed by atoms with van der Waals surface area (Å²) in [6, 6.07) is 7.22. The predicted molar refractivity (Wildman–Crippen MR) is 88.9 cm³/mol. The van der Waals surface area contributed by atoms with Crippen molar-refractivity contribution in [2.24, 2.45) is 0 Å². The van der Waals surface area contributed by atoms with Gasteiger partial charge in [-0.1, -0.05) is 6.07 Å². The van der Waals surface area contributed by atoms with Crippen LogP contribution in [0, 0.1) is 6.92 Å². The number of aromatic nitrogens is 1. The Hall–Kier alpha value is -1.92. The summed E-state index contributed by atoms with van der Waals surface area (Å²) in [5, 5.41) is 5.76. The van der Waals surface area contributed by atoms with E-state index in [-0.39, 0.29) is 12.0 Å². The van der Waals surface area contributed by atoms with Crippen LogP contribution in [0.25, 0.3) is 0 Å². The van der Waals surface area contributed by atoms with Crippen LogP contribution in [0.1, 0.15) is 33.9 Å². The molecule has 23 heavy (non-hydrogen) atoms. The lowest BCUT2D eigenvalue weighted by atomic mass is 10.2. The van der Waals surface area contributed by atoms with Crippen LogP contribution in [0.15, 0.2) is 29.6 Å². The van der Waals surface area contributed by atoms with E-state index in [9.17, 15) is 4.79 Å². The van der Waals surface area contributed by atoms with Crippen molar-refractivity contribution in [2.45, 2.75) is 32.4 Å². The van der Waals surface area contributed by atoms with Gasteiger partial charge in [0, 0.05) is 23.2 Å². The third-order valence-electron chi connectivity index (χ3n) is 3.62. The largest absolute Gasteiger partial charge is 0.491 e. The molecule has 0 aliphatic carbocycles. The maximum Gasteiger partial charge on any atom is 0.251 e. The van der Waals surface area contributed by atoms with E-state index >= 15 is 0 Å². The van der Waals surface area contributed by atoms with Crippen molar-refractivity contribution in [1.29, 1.82) is 0 Å². The highest BCUT2D eigenvalue weighted by atomic mass is 32.1.